The van der Waals surface area contributed by atoms with Crippen LogP contribution in [0.2, 0.25) is 0 Å². The maximum absolute atomic E-state index is 11.6. The number of nitrogens with two attached hydrogens (primary N) is 1. The minimum Gasteiger partial charge on any atom is -0.481 e. The third-order valence-corrected chi connectivity index (χ3v) is 3.06. The second-order valence-corrected chi connectivity index (χ2v) is 4.44. The van der Waals surface area contributed by atoms with Crippen LogP contribution in [0.1, 0.15) is 20.3 Å². The normalized spacial score (nSPS) is 25.2. The monoisotopic (exact) mass is 262 g/mol. The van der Waals surface area contributed by atoms with Gasteiger partial charge in [-0.15, -0.1) is 0 Å². The van der Waals surface area contributed by atoms with Crippen molar-refractivity contribution in [3.8, 4) is 0 Å². The van der Waals surface area contributed by atoms with Crippen LogP contribution in [0.3, 0.4) is 0 Å². The number of hydrazine groups is 1. The number of amides is 4. The molecule has 1 heterocycles. The maximum atomic E-state index is 11.6. The molecule has 1 aliphatic rings. The smallest absolute Gasteiger partial charge is 0.354 e. The average molecular weight is 262 g/mol. The Kier molecular flexibility index (Phi) is 3.53. The molecule has 1 unspecified atom stereocenters. The molecule has 4 N–H and O–H groups in total. The van der Waals surface area contributed by atoms with Crippen molar-refractivity contribution >= 4 is 30.8 Å². The highest BCUT2D eigenvalue weighted by molar-refractivity contribution is 7.79. The van der Waals surface area contributed by atoms with Gasteiger partial charge in [-0.2, -0.15) is 4.31 Å². The van der Waals surface area contributed by atoms with Crippen molar-refractivity contribution in [3.05, 3.63) is 0 Å². The van der Waals surface area contributed by atoms with Gasteiger partial charge in [-0.1, -0.05) is 26.7 Å². The van der Waals surface area contributed by atoms with Crippen molar-refractivity contribution in [2.45, 2.75) is 25.9 Å². The van der Waals surface area contributed by atoms with E-state index >= 15 is 0 Å². The molecule has 0 aromatic rings. The van der Waals surface area contributed by atoms with E-state index in [1.54, 1.807) is 13.8 Å². The summed E-state index contributed by atoms with van der Waals surface area (Å²) in [7, 11) is 0. The summed E-state index contributed by atoms with van der Waals surface area (Å²) in [6.45, 7) is 3.31. The molecular formula is C8H14N4O4S. The van der Waals surface area contributed by atoms with Crippen molar-refractivity contribution in [1.82, 2.24) is 14.6 Å². The highest BCUT2D eigenvalue weighted by Gasteiger charge is 2.50. The molecule has 1 fully saturated rings. The Morgan fingerprint density at radius 2 is 2.12 bits per heavy atom. The van der Waals surface area contributed by atoms with Crippen molar-refractivity contribution < 1.29 is 19.5 Å². The van der Waals surface area contributed by atoms with Crippen LogP contribution in [-0.4, -0.2) is 38.1 Å². The third-order valence-electron chi connectivity index (χ3n) is 2.71. The van der Waals surface area contributed by atoms with E-state index in [4.69, 9.17) is 10.9 Å². The van der Waals surface area contributed by atoms with Gasteiger partial charge in [-0.3, -0.25) is 4.79 Å². The second kappa shape index (κ2) is 4.41. The molecule has 4 amide bonds. The van der Waals surface area contributed by atoms with Crippen LogP contribution in [0.5, 0.6) is 0 Å². The Morgan fingerprint density at radius 3 is 2.53 bits per heavy atom. The number of rotatable bonds is 3. The van der Waals surface area contributed by atoms with E-state index in [-0.39, 0.29) is 5.92 Å². The fourth-order valence-corrected chi connectivity index (χ4v) is 1.79. The van der Waals surface area contributed by atoms with Crippen LogP contribution >= 0.6 is 12.8 Å². The van der Waals surface area contributed by atoms with Crippen molar-refractivity contribution in [2.24, 2.45) is 11.8 Å². The molecule has 17 heavy (non-hydrogen) atoms. The van der Waals surface area contributed by atoms with Crippen LogP contribution in [-0.2, 0) is 4.79 Å². The van der Waals surface area contributed by atoms with Gasteiger partial charge in [0.25, 0.3) is 0 Å². The Morgan fingerprint density at radius 1 is 1.59 bits per heavy atom. The predicted octanol–water partition coefficient (Wildman–Crippen LogP) is -0.0209. The zero-order chi connectivity index (χ0) is 13.4. The number of hydrogen-bond donors (Lipinski definition) is 4. The molecule has 0 bridgehead atoms. The molecule has 0 spiro atoms. The van der Waals surface area contributed by atoms with Gasteiger partial charge >= 0.3 is 18.0 Å². The number of carboxylic acids is 1. The fourth-order valence-electron chi connectivity index (χ4n) is 1.64. The number of nitrogens with zero attached hydrogens (tertiary/aromatic N) is 2. The molecule has 8 nitrogen and oxygen atoms in total. The van der Waals surface area contributed by atoms with Gasteiger partial charge in [0.2, 0.25) is 0 Å². The van der Waals surface area contributed by atoms with Gasteiger partial charge in [0.05, 0.1) is 6.42 Å². The zero-order valence-electron chi connectivity index (χ0n) is 9.38. The maximum Gasteiger partial charge on any atom is 0.354 e. The molecule has 96 valence electrons. The largest absolute Gasteiger partial charge is 0.481 e. The highest BCUT2D eigenvalue weighted by Crippen LogP contribution is 2.28. The first-order valence-corrected chi connectivity index (χ1v) is 5.24. The first kappa shape index (κ1) is 13.6. The SMILES string of the molecule is CC(C)C1(CC(=O)O)NC(=O)N(S)C(=O)N1N. The summed E-state index contributed by atoms with van der Waals surface area (Å²) in [5.74, 6) is 4.03. The summed E-state index contributed by atoms with van der Waals surface area (Å²) in [5, 5.41) is 12.0. The number of nitrogens with one attached hydrogen (secondary N) is 1. The lowest BCUT2D eigenvalue weighted by Crippen LogP contribution is -2.75. The number of hydrogen-bond acceptors (Lipinski definition) is 5. The van der Waals surface area contributed by atoms with Gasteiger partial charge in [0, 0.05) is 0 Å². The van der Waals surface area contributed by atoms with Crippen LogP contribution in [0.4, 0.5) is 9.59 Å². The van der Waals surface area contributed by atoms with E-state index in [2.05, 4.69) is 18.1 Å². The van der Waals surface area contributed by atoms with Crippen molar-refractivity contribution in [3.63, 3.8) is 0 Å². The summed E-state index contributed by atoms with van der Waals surface area (Å²) >= 11 is 3.65. The van der Waals surface area contributed by atoms with E-state index < -0.39 is 30.1 Å². The Balaban J connectivity index is 3.16. The summed E-state index contributed by atoms with van der Waals surface area (Å²) in [4.78, 5) is 34.0. The molecule has 0 saturated carbocycles. The number of urea groups is 2. The number of thiol groups is 1. The third kappa shape index (κ3) is 2.15. The number of carboxylic acid groups (broad SMARTS) is 1. The minimum atomic E-state index is -1.45. The molecular weight excluding hydrogens is 248 g/mol. The average Bonchev–Trinajstić information content (AvgIpc) is 2.22. The van der Waals surface area contributed by atoms with Crippen molar-refractivity contribution in [1.29, 1.82) is 0 Å². The molecule has 1 saturated heterocycles. The summed E-state index contributed by atoms with van der Waals surface area (Å²) in [6, 6.07) is -1.66. The number of imide groups is 1. The van der Waals surface area contributed by atoms with Crippen LogP contribution in [0.25, 0.3) is 0 Å². The summed E-state index contributed by atoms with van der Waals surface area (Å²) in [5.41, 5.74) is -1.45. The Bertz CT molecular complexity index is 375. The molecule has 1 atom stereocenters. The lowest BCUT2D eigenvalue weighted by atomic mass is 9.91. The molecule has 1 rings (SSSR count). The highest BCUT2D eigenvalue weighted by atomic mass is 32.1. The lowest BCUT2D eigenvalue weighted by molar-refractivity contribution is -0.141. The summed E-state index contributed by atoms with van der Waals surface area (Å²) in [6.07, 6.45) is -0.486. The first-order valence-electron chi connectivity index (χ1n) is 4.84. The Hall–Kier alpha value is -1.48. The molecule has 9 heteroatoms. The van der Waals surface area contributed by atoms with E-state index in [1.165, 1.54) is 0 Å². The predicted molar refractivity (Wildman–Crippen MR) is 60.6 cm³/mol. The topological polar surface area (TPSA) is 116 Å². The van der Waals surface area contributed by atoms with Crippen LogP contribution in [0, 0.1) is 5.92 Å². The quantitative estimate of drug-likeness (QED) is 0.324. The van der Waals surface area contributed by atoms with Gasteiger partial charge in [-0.25, -0.2) is 20.4 Å². The summed E-state index contributed by atoms with van der Waals surface area (Å²) < 4.78 is 0.489. The van der Waals surface area contributed by atoms with Crippen molar-refractivity contribution in [2.75, 3.05) is 0 Å². The van der Waals surface area contributed by atoms with Gasteiger partial charge < -0.3 is 10.4 Å². The van der Waals surface area contributed by atoms with E-state index in [0.717, 1.165) is 0 Å². The molecule has 0 aromatic carbocycles. The van der Waals surface area contributed by atoms with Gasteiger partial charge in [-0.05, 0) is 5.92 Å². The van der Waals surface area contributed by atoms with E-state index in [9.17, 15) is 14.4 Å². The minimum absolute atomic E-state index is 0.376. The molecule has 0 aromatic heterocycles. The second-order valence-electron chi connectivity index (χ2n) is 4.04. The molecule has 0 aliphatic carbocycles. The number of carbonyl (C=O) groups is 3. The molecule has 1 aliphatic heterocycles. The zero-order valence-corrected chi connectivity index (χ0v) is 10.3. The fraction of sp³-hybridized carbons (Fsp3) is 0.625. The van der Waals surface area contributed by atoms with Gasteiger partial charge in [0.1, 0.15) is 5.66 Å². The Labute approximate surface area is 103 Å². The van der Waals surface area contributed by atoms with E-state index in [0.29, 0.717) is 9.31 Å². The van der Waals surface area contributed by atoms with Crippen LogP contribution < -0.4 is 11.2 Å². The first-order chi connectivity index (χ1) is 7.72. The van der Waals surface area contributed by atoms with E-state index in [1.807, 2.05) is 0 Å². The number of carbonyl (C=O) groups excluding carboxylic acids is 2. The number of aliphatic carboxylic acids is 1. The molecule has 0 radical (unpaired) electrons. The standard InChI is InChI=1S/C8H14N4O4S/c1-4(2)8(3-5(13)14)10-6(15)11(17)7(16)12(8)9/h4,17H,3,9H2,1-2H3,(H,10,15)(H,13,14). The van der Waals surface area contributed by atoms with Gasteiger partial charge in [0.15, 0.2) is 0 Å². The van der Waals surface area contributed by atoms with Crippen LogP contribution in [0.15, 0.2) is 0 Å². The lowest BCUT2D eigenvalue weighted by Gasteiger charge is -2.47.